The smallest absolute Gasteiger partial charge is 0.387 e. The van der Waals surface area contributed by atoms with Crippen molar-refractivity contribution in [2.24, 2.45) is 0 Å². The number of hydrogen-bond acceptors (Lipinski definition) is 4. The second-order valence-electron chi connectivity index (χ2n) is 4.22. The summed E-state index contributed by atoms with van der Waals surface area (Å²) in [6, 6.07) is 8.65. The maximum absolute atomic E-state index is 12.0. The number of pyridine rings is 1. The minimum absolute atomic E-state index is 0.0407. The number of carboxylic acid groups (broad SMARTS) is 1. The van der Waals surface area contributed by atoms with Gasteiger partial charge >= 0.3 is 12.6 Å². The molecule has 1 heterocycles. The van der Waals surface area contributed by atoms with Crippen molar-refractivity contribution in [2.75, 3.05) is 5.32 Å². The zero-order valence-corrected chi connectivity index (χ0v) is 11.0. The molecular weight excluding hydrogens is 282 g/mol. The minimum atomic E-state index is -2.87. The van der Waals surface area contributed by atoms with E-state index in [2.05, 4.69) is 15.0 Å². The molecule has 0 radical (unpaired) electrons. The van der Waals surface area contributed by atoms with Crippen LogP contribution in [-0.2, 0) is 0 Å². The predicted octanol–water partition coefficient (Wildman–Crippen LogP) is 3.43. The number of ether oxygens (including phenoxy) is 1. The van der Waals surface area contributed by atoms with Crippen molar-refractivity contribution >= 4 is 17.5 Å². The highest BCUT2D eigenvalue weighted by atomic mass is 19.3. The van der Waals surface area contributed by atoms with E-state index in [4.69, 9.17) is 5.11 Å². The highest BCUT2D eigenvalue weighted by molar-refractivity contribution is 5.88. The molecule has 0 fully saturated rings. The van der Waals surface area contributed by atoms with Gasteiger partial charge in [-0.2, -0.15) is 8.78 Å². The van der Waals surface area contributed by atoms with Crippen LogP contribution in [0.3, 0.4) is 0 Å². The predicted molar refractivity (Wildman–Crippen MR) is 72.3 cm³/mol. The molecule has 0 atom stereocenters. The molecule has 0 aliphatic heterocycles. The number of hydrogen-bond donors (Lipinski definition) is 2. The summed E-state index contributed by atoms with van der Waals surface area (Å²) in [6.45, 7) is -1.20. The fraction of sp³-hybridized carbons (Fsp3) is 0.143. The Morgan fingerprint density at radius 3 is 2.52 bits per heavy atom. The summed E-state index contributed by atoms with van der Waals surface area (Å²) in [4.78, 5) is 15.1. The maximum atomic E-state index is 12.0. The van der Waals surface area contributed by atoms with Crippen LogP contribution < -0.4 is 10.1 Å². The number of benzene rings is 1. The van der Waals surface area contributed by atoms with Crippen LogP contribution in [0.5, 0.6) is 5.75 Å². The van der Waals surface area contributed by atoms with Crippen LogP contribution in [0.15, 0.2) is 36.4 Å². The summed E-state index contributed by atoms with van der Waals surface area (Å²) < 4.78 is 28.3. The Hall–Kier alpha value is -2.70. The first-order valence-corrected chi connectivity index (χ1v) is 5.98. The average Bonchev–Trinajstić information content (AvgIpc) is 2.39. The van der Waals surface area contributed by atoms with Gasteiger partial charge in [0.15, 0.2) is 0 Å². The van der Waals surface area contributed by atoms with E-state index in [1.54, 1.807) is 6.92 Å². The summed E-state index contributed by atoms with van der Waals surface area (Å²) in [5.41, 5.74) is 1.24. The lowest BCUT2D eigenvalue weighted by Crippen LogP contribution is -2.03. The Kier molecular flexibility index (Phi) is 4.32. The first-order valence-electron chi connectivity index (χ1n) is 5.98. The van der Waals surface area contributed by atoms with Gasteiger partial charge in [-0.3, -0.25) is 0 Å². The number of aryl methyl sites for hydroxylation is 1. The highest BCUT2D eigenvalue weighted by Gasteiger charge is 2.07. The normalized spacial score (nSPS) is 10.5. The van der Waals surface area contributed by atoms with Crippen molar-refractivity contribution in [3.8, 4) is 5.75 Å². The van der Waals surface area contributed by atoms with Crippen LogP contribution in [-0.4, -0.2) is 22.7 Å². The Morgan fingerprint density at radius 2 is 1.95 bits per heavy atom. The number of nitrogens with zero attached hydrogens (tertiary/aromatic N) is 1. The molecule has 0 unspecified atom stereocenters. The summed E-state index contributed by atoms with van der Waals surface area (Å²) in [5, 5.41) is 11.9. The van der Waals surface area contributed by atoms with Crippen LogP contribution in [0.2, 0.25) is 0 Å². The number of anilines is 2. The standard InChI is InChI=1S/C14H12F2N2O3/c1-8-6-9(13(19)20)7-12(17-8)18-10-2-4-11(5-3-10)21-14(15)16/h2-7,14H,1H3,(H,17,18)(H,19,20). The van der Waals surface area contributed by atoms with Gasteiger partial charge in [0.2, 0.25) is 0 Å². The van der Waals surface area contributed by atoms with E-state index in [1.807, 2.05) is 0 Å². The Morgan fingerprint density at radius 1 is 1.29 bits per heavy atom. The fourth-order valence-electron chi connectivity index (χ4n) is 1.72. The molecule has 2 N–H and O–H groups in total. The number of alkyl halides is 2. The van der Waals surface area contributed by atoms with E-state index in [0.29, 0.717) is 17.2 Å². The van der Waals surface area contributed by atoms with Crippen LogP contribution >= 0.6 is 0 Å². The number of halogens is 2. The number of rotatable bonds is 5. The molecule has 5 nitrogen and oxygen atoms in total. The van der Waals surface area contributed by atoms with E-state index in [-0.39, 0.29) is 11.3 Å². The monoisotopic (exact) mass is 294 g/mol. The number of carboxylic acids is 1. The lowest BCUT2D eigenvalue weighted by atomic mass is 10.2. The largest absolute Gasteiger partial charge is 0.478 e. The van der Waals surface area contributed by atoms with Gasteiger partial charge in [0.05, 0.1) is 5.56 Å². The molecular formula is C14H12F2N2O3. The van der Waals surface area contributed by atoms with E-state index < -0.39 is 12.6 Å². The second-order valence-corrected chi connectivity index (χ2v) is 4.22. The number of aromatic carboxylic acids is 1. The van der Waals surface area contributed by atoms with Crippen molar-refractivity contribution in [3.63, 3.8) is 0 Å². The molecule has 0 bridgehead atoms. The molecule has 110 valence electrons. The fourth-order valence-corrected chi connectivity index (χ4v) is 1.72. The third-order valence-electron chi connectivity index (χ3n) is 2.55. The summed E-state index contributed by atoms with van der Waals surface area (Å²) in [5.74, 6) is -0.655. The molecule has 2 rings (SSSR count). The van der Waals surface area contributed by atoms with E-state index >= 15 is 0 Å². The lowest BCUT2D eigenvalue weighted by Gasteiger charge is -2.09. The van der Waals surface area contributed by atoms with Crippen LogP contribution in [0.25, 0.3) is 0 Å². The zero-order valence-electron chi connectivity index (χ0n) is 11.0. The van der Waals surface area contributed by atoms with Gasteiger partial charge in [0.25, 0.3) is 0 Å². The van der Waals surface area contributed by atoms with Gasteiger partial charge in [0.1, 0.15) is 11.6 Å². The van der Waals surface area contributed by atoms with Crippen molar-refractivity contribution < 1.29 is 23.4 Å². The number of carbonyl (C=O) groups is 1. The average molecular weight is 294 g/mol. The molecule has 0 saturated carbocycles. The molecule has 0 spiro atoms. The number of nitrogens with one attached hydrogen (secondary N) is 1. The molecule has 0 aliphatic rings. The molecule has 7 heteroatoms. The lowest BCUT2D eigenvalue weighted by molar-refractivity contribution is -0.0498. The quantitative estimate of drug-likeness (QED) is 0.884. The third kappa shape index (κ3) is 4.13. The van der Waals surface area contributed by atoms with Crippen molar-refractivity contribution in [1.82, 2.24) is 4.98 Å². The maximum Gasteiger partial charge on any atom is 0.387 e. The molecule has 2 aromatic rings. The second kappa shape index (κ2) is 6.17. The summed E-state index contributed by atoms with van der Waals surface area (Å²) in [7, 11) is 0. The summed E-state index contributed by atoms with van der Waals surface area (Å²) in [6.07, 6.45) is 0. The van der Waals surface area contributed by atoms with Gasteiger partial charge in [-0.05, 0) is 43.3 Å². The zero-order chi connectivity index (χ0) is 15.4. The molecule has 21 heavy (non-hydrogen) atoms. The molecule has 0 saturated heterocycles. The highest BCUT2D eigenvalue weighted by Crippen LogP contribution is 2.21. The van der Waals surface area contributed by atoms with Gasteiger partial charge < -0.3 is 15.2 Å². The topological polar surface area (TPSA) is 71.5 Å². The summed E-state index contributed by atoms with van der Waals surface area (Å²) >= 11 is 0. The Balaban J connectivity index is 2.16. The van der Waals surface area contributed by atoms with Crippen LogP contribution in [0, 0.1) is 6.92 Å². The Bertz CT molecular complexity index is 645. The molecule has 0 amide bonds. The van der Waals surface area contributed by atoms with Crippen molar-refractivity contribution in [3.05, 3.63) is 47.7 Å². The van der Waals surface area contributed by atoms with E-state index in [0.717, 1.165) is 0 Å². The Labute approximate surface area is 119 Å². The van der Waals surface area contributed by atoms with Gasteiger partial charge in [-0.15, -0.1) is 0 Å². The van der Waals surface area contributed by atoms with Gasteiger partial charge in [-0.1, -0.05) is 0 Å². The van der Waals surface area contributed by atoms with E-state index in [9.17, 15) is 13.6 Å². The third-order valence-corrected chi connectivity index (χ3v) is 2.55. The van der Waals surface area contributed by atoms with Crippen LogP contribution in [0.1, 0.15) is 16.1 Å². The van der Waals surface area contributed by atoms with E-state index in [1.165, 1.54) is 36.4 Å². The first-order chi connectivity index (χ1) is 9.94. The van der Waals surface area contributed by atoms with Crippen molar-refractivity contribution in [2.45, 2.75) is 13.5 Å². The SMILES string of the molecule is Cc1cc(C(=O)O)cc(Nc2ccc(OC(F)F)cc2)n1. The first kappa shape index (κ1) is 14.7. The molecule has 1 aromatic heterocycles. The minimum Gasteiger partial charge on any atom is -0.478 e. The molecule has 1 aromatic carbocycles. The number of aromatic nitrogens is 1. The van der Waals surface area contributed by atoms with Crippen molar-refractivity contribution in [1.29, 1.82) is 0 Å². The van der Waals surface area contributed by atoms with Crippen LogP contribution in [0.4, 0.5) is 20.3 Å². The van der Waals surface area contributed by atoms with Gasteiger partial charge in [0, 0.05) is 11.4 Å². The molecule has 0 aliphatic carbocycles. The van der Waals surface area contributed by atoms with Gasteiger partial charge in [-0.25, -0.2) is 9.78 Å².